The van der Waals surface area contributed by atoms with Gasteiger partial charge in [0, 0.05) is 13.8 Å². The number of carbonyl (C=O) groups excluding carboxylic acids is 2. The number of aliphatic hydroxyl groups excluding tert-OH is 1. The smallest absolute Gasteiger partial charge is 0.302 e. The second-order valence-corrected chi connectivity index (χ2v) is 9.49. The number of carbonyl (C=O) groups is 2. The Hall–Kier alpha value is -1.62. The van der Waals surface area contributed by atoms with Crippen molar-refractivity contribution in [3.05, 3.63) is 23.8 Å². The van der Waals surface area contributed by atoms with Gasteiger partial charge in [0.2, 0.25) is 0 Å². The van der Waals surface area contributed by atoms with Crippen LogP contribution < -0.4 is 0 Å². The normalized spacial score (nSPS) is 33.6. The van der Waals surface area contributed by atoms with E-state index in [1.807, 2.05) is 0 Å². The number of aliphatic hydroxyl groups is 1. The Kier molecular flexibility index (Phi) is 7.72. The van der Waals surface area contributed by atoms with Crippen molar-refractivity contribution in [2.45, 2.75) is 79.2 Å². The SMILES string of the molecule is C=C1CCC[C@@H]2[C@@](C)(CC(O)/C(=C/COC(C)=O)COC(C)=O)[C@H](C)CC[C@@]12C. The summed E-state index contributed by atoms with van der Waals surface area (Å²) >= 11 is 0. The van der Waals surface area contributed by atoms with Crippen LogP contribution in [0.1, 0.15) is 73.1 Å². The van der Waals surface area contributed by atoms with Crippen molar-refractivity contribution in [3.63, 3.8) is 0 Å². The fraction of sp³-hybridized carbons (Fsp3) is 0.750. The largest absolute Gasteiger partial charge is 0.462 e. The summed E-state index contributed by atoms with van der Waals surface area (Å²) in [7, 11) is 0. The van der Waals surface area contributed by atoms with Crippen LogP contribution in [-0.2, 0) is 19.1 Å². The first-order valence-electron chi connectivity index (χ1n) is 10.8. The summed E-state index contributed by atoms with van der Waals surface area (Å²) in [5.41, 5.74) is 2.02. The van der Waals surface area contributed by atoms with Gasteiger partial charge in [-0.2, -0.15) is 0 Å². The molecule has 1 N–H and O–H groups in total. The maximum Gasteiger partial charge on any atom is 0.302 e. The van der Waals surface area contributed by atoms with Gasteiger partial charge in [-0.3, -0.25) is 9.59 Å². The van der Waals surface area contributed by atoms with Gasteiger partial charge in [-0.1, -0.05) is 32.9 Å². The molecule has 0 aliphatic heterocycles. The molecule has 2 saturated carbocycles. The van der Waals surface area contributed by atoms with Gasteiger partial charge in [0.25, 0.3) is 0 Å². The second kappa shape index (κ2) is 9.46. The maximum atomic E-state index is 11.3. The standard InChI is InChI=1S/C24H38O5/c1-16-8-7-9-22-23(16,5)12-10-17(2)24(22,6)14-21(27)20(15-29-19(4)26)11-13-28-18(3)25/h11,17,21-22,27H,1,7-10,12-15H2,2-6H3/b20-11+/t17-,21?,22+,23+,24+/m1/s1. The number of fused-ring (bicyclic) bond motifs is 1. The molecule has 0 aromatic heterocycles. The van der Waals surface area contributed by atoms with E-state index in [0.29, 0.717) is 23.8 Å². The van der Waals surface area contributed by atoms with Crippen LogP contribution in [0.15, 0.2) is 23.8 Å². The van der Waals surface area contributed by atoms with Gasteiger partial charge in [-0.25, -0.2) is 0 Å². The Morgan fingerprint density at radius 1 is 1.24 bits per heavy atom. The predicted octanol–water partition coefficient (Wildman–Crippen LogP) is 4.59. The summed E-state index contributed by atoms with van der Waals surface area (Å²) in [6.07, 6.45) is 7.19. The number of esters is 2. The van der Waals surface area contributed by atoms with E-state index >= 15 is 0 Å². The third kappa shape index (κ3) is 5.30. The molecule has 0 radical (unpaired) electrons. The molecule has 0 amide bonds. The highest BCUT2D eigenvalue weighted by Gasteiger charge is 2.54. The molecule has 0 heterocycles. The molecule has 2 rings (SSSR count). The summed E-state index contributed by atoms with van der Waals surface area (Å²) < 4.78 is 10.2. The number of ether oxygens (including phenoxy) is 2. The zero-order valence-electron chi connectivity index (χ0n) is 18.8. The molecule has 5 heteroatoms. The first-order valence-corrected chi connectivity index (χ1v) is 10.8. The Balaban J connectivity index is 2.24. The molecular formula is C24H38O5. The predicted molar refractivity (Wildman–Crippen MR) is 113 cm³/mol. The highest BCUT2D eigenvalue weighted by Crippen LogP contribution is 2.62. The van der Waals surface area contributed by atoms with Crippen LogP contribution in [-0.4, -0.2) is 36.4 Å². The molecule has 0 aromatic carbocycles. The van der Waals surface area contributed by atoms with Crippen LogP contribution in [0.4, 0.5) is 0 Å². The van der Waals surface area contributed by atoms with Crippen molar-refractivity contribution in [2.24, 2.45) is 22.7 Å². The van der Waals surface area contributed by atoms with E-state index in [-0.39, 0.29) is 30.0 Å². The van der Waals surface area contributed by atoms with E-state index in [1.165, 1.54) is 19.4 Å². The molecule has 2 aliphatic rings. The number of hydrogen-bond acceptors (Lipinski definition) is 5. The van der Waals surface area contributed by atoms with Crippen LogP contribution in [0, 0.1) is 22.7 Å². The molecular weight excluding hydrogens is 368 g/mol. The number of hydrogen-bond donors (Lipinski definition) is 1. The lowest BCUT2D eigenvalue weighted by Gasteiger charge is -2.59. The fourth-order valence-corrected chi connectivity index (χ4v) is 5.60. The van der Waals surface area contributed by atoms with Crippen molar-refractivity contribution < 1.29 is 24.2 Å². The minimum atomic E-state index is -0.755. The first-order chi connectivity index (χ1) is 13.5. The van der Waals surface area contributed by atoms with Crippen LogP contribution in [0.25, 0.3) is 0 Å². The van der Waals surface area contributed by atoms with Crippen LogP contribution in [0.3, 0.4) is 0 Å². The second-order valence-electron chi connectivity index (χ2n) is 9.49. The maximum absolute atomic E-state index is 11.3. The molecule has 1 unspecified atom stereocenters. The van der Waals surface area contributed by atoms with Crippen molar-refractivity contribution in [1.29, 1.82) is 0 Å². The lowest BCUT2D eigenvalue weighted by molar-refractivity contribution is -0.141. The van der Waals surface area contributed by atoms with Crippen molar-refractivity contribution in [2.75, 3.05) is 13.2 Å². The molecule has 2 fully saturated rings. The Morgan fingerprint density at radius 3 is 2.52 bits per heavy atom. The van der Waals surface area contributed by atoms with Crippen LogP contribution >= 0.6 is 0 Å². The first kappa shape index (κ1) is 23.7. The van der Waals surface area contributed by atoms with E-state index in [1.54, 1.807) is 6.08 Å². The third-order valence-corrected chi connectivity index (χ3v) is 7.70. The van der Waals surface area contributed by atoms with Gasteiger partial charge >= 0.3 is 11.9 Å². The molecule has 0 bridgehead atoms. The zero-order valence-corrected chi connectivity index (χ0v) is 18.8. The molecule has 0 spiro atoms. The summed E-state index contributed by atoms with van der Waals surface area (Å²) in [6.45, 7) is 14.1. The topological polar surface area (TPSA) is 72.8 Å². The van der Waals surface area contributed by atoms with Crippen molar-refractivity contribution in [3.8, 4) is 0 Å². The average Bonchev–Trinajstić information content (AvgIpc) is 2.63. The van der Waals surface area contributed by atoms with Gasteiger partial charge in [0.1, 0.15) is 13.2 Å². The summed E-state index contributed by atoms with van der Waals surface area (Å²) in [5.74, 6) is 0.165. The van der Waals surface area contributed by atoms with Gasteiger partial charge in [-0.05, 0) is 72.8 Å². The highest BCUT2D eigenvalue weighted by atomic mass is 16.5. The van der Waals surface area contributed by atoms with E-state index in [4.69, 9.17) is 9.47 Å². The molecule has 2 aliphatic carbocycles. The van der Waals surface area contributed by atoms with E-state index in [9.17, 15) is 14.7 Å². The highest BCUT2D eigenvalue weighted by molar-refractivity contribution is 5.66. The van der Waals surface area contributed by atoms with Crippen LogP contribution in [0.2, 0.25) is 0 Å². The number of allylic oxidation sites excluding steroid dienone is 1. The molecule has 164 valence electrons. The molecule has 5 atom stereocenters. The van der Waals surface area contributed by atoms with Gasteiger partial charge in [-0.15, -0.1) is 0 Å². The Morgan fingerprint density at radius 2 is 1.90 bits per heavy atom. The van der Waals surface area contributed by atoms with E-state index in [0.717, 1.165) is 32.1 Å². The van der Waals surface area contributed by atoms with Crippen LogP contribution in [0.5, 0.6) is 0 Å². The van der Waals surface area contributed by atoms with E-state index in [2.05, 4.69) is 27.4 Å². The van der Waals surface area contributed by atoms with Crippen molar-refractivity contribution >= 4 is 11.9 Å². The summed E-state index contributed by atoms with van der Waals surface area (Å²) in [5, 5.41) is 11.1. The lowest BCUT2D eigenvalue weighted by atomic mass is 9.46. The van der Waals surface area contributed by atoms with Gasteiger partial charge in [0.15, 0.2) is 0 Å². The monoisotopic (exact) mass is 406 g/mol. The Labute approximate surface area is 175 Å². The average molecular weight is 407 g/mol. The van der Waals surface area contributed by atoms with Crippen molar-refractivity contribution in [1.82, 2.24) is 0 Å². The Bertz CT molecular complexity index is 666. The zero-order chi connectivity index (χ0) is 21.8. The third-order valence-electron chi connectivity index (χ3n) is 7.70. The summed E-state index contributed by atoms with van der Waals surface area (Å²) in [4.78, 5) is 22.4. The quantitative estimate of drug-likeness (QED) is 0.494. The minimum Gasteiger partial charge on any atom is -0.462 e. The number of rotatable bonds is 7. The molecule has 0 aromatic rings. The molecule has 5 nitrogen and oxygen atoms in total. The van der Waals surface area contributed by atoms with Gasteiger partial charge < -0.3 is 14.6 Å². The lowest BCUT2D eigenvalue weighted by Crippen LogP contribution is -2.51. The fourth-order valence-electron chi connectivity index (χ4n) is 5.60. The molecule has 29 heavy (non-hydrogen) atoms. The minimum absolute atomic E-state index is 0.0108. The van der Waals surface area contributed by atoms with E-state index < -0.39 is 12.1 Å². The summed E-state index contributed by atoms with van der Waals surface area (Å²) in [6, 6.07) is 0. The van der Waals surface area contributed by atoms with Gasteiger partial charge in [0.05, 0.1) is 6.10 Å². The molecule has 0 saturated heterocycles.